The van der Waals surface area contributed by atoms with Gasteiger partial charge in [0.25, 0.3) is 0 Å². The Labute approximate surface area is 133 Å². The molecule has 3 heteroatoms. The molecule has 0 aromatic heterocycles. The molecule has 0 spiro atoms. The molecule has 2 aromatic carbocycles. The summed E-state index contributed by atoms with van der Waals surface area (Å²) in [5, 5.41) is 11.0. The van der Waals surface area contributed by atoms with Crippen molar-refractivity contribution in [3.05, 3.63) is 68.7 Å². The van der Waals surface area contributed by atoms with E-state index in [1.807, 2.05) is 24.3 Å². The molecule has 0 amide bonds. The molecule has 0 heterocycles. The Kier molecular flexibility index (Phi) is 5.64. The average molecular weight is 354 g/mol. The lowest BCUT2D eigenvalue weighted by molar-refractivity contribution is 0.220. The first kappa shape index (κ1) is 15.6. The first-order chi connectivity index (χ1) is 9.61. The summed E-state index contributed by atoms with van der Waals surface area (Å²) >= 11 is 9.57. The van der Waals surface area contributed by atoms with Crippen LogP contribution in [-0.2, 0) is 6.42 Å². The summed E-state index contributed by atoms with van der Waals surface area (Å²) in [7, 11) is 0. The van der Waals surface area contributed by atoms with E-state index in [9.17, 15) is 5.11 Å². The summed E-state index contributed by atoms with van der Waals surface area (Å²) in [5.74, 6) is 0. The number of hydrogen-bond donors (Lipinski definition) is 1. The van der Waals surface area contributed by atoms with Gasteiger partial charge in [0.05, 0.1) is 0 Å². The molecule has 1 N–H and O–H groups in total. The Balaban J connectivity index is 2.20. The highest BCUT2D eigenvalue weighted by molar-refractivity contribution is 9.10. The molecule has 20 heavy (non-hydrogen) atoms. The number of hydrogen-bond acceptors (Lipinski definition) is 1. The fraction of sp³-hybridized carbons (Fsp3) is 0.294. The Hall–Kier alpha value is -0.830. The lowest BCUT2D eigenvalue weighted by Gasteiger charge is -2.14. The number of benzene rings is 2. The van der Waals surface area contributed by atoms with Crippen molar-refractivity contribution in [2.75, 3.05) is 0 Å². The zero-order valence-corrected chi connectivity index (χ0v) is 13.8. The molecule has 0 aliphatic carbocycles. The largest absolute Gasteiger partial charge is 0.384 e. The van der Waals surface area contributed by atoms with Gasteiger partial charge >= 0.3 is 0 Å². The van der Waals surface area contributed by atoms with E-state index in [1.165, 1.54) is 18.4 Å². The number of halogens is 2. The summed E-state index contributed by atoms with van der Waals surface area (Å²) in [6.45, 7) is 2.19. The van der Waals surface area contributed by atoms with E-state index in [2.05, 4.69) is 35.0 Å². The smallest absolute Gasteiger partial charge is 0.106 e. The first-order valence-corrected chi connectivity index (χ1v) is 8.00. The highest BCUT2D eigenvalue weighted by Gasteiger charge is 2.14. The molecule has 0 fully saturated rings. The maximum atomic E-state index is 10.5. The van der Waals surface area contributed by atoms with Crippen molar-refractivity contribution in [3.63, 3.8) is 0 Å². The van der Waals surface area contributed by atoms with Gasteiger partial charge in [0.1, 0.15) is 6.10 Å². The summed E-state index contributed by atoms with van der Waals surface area (Å²) in [6, 6.07) is 13.6. The van der Waals surface area contributed by atoms with Gasteiger partial charge in [0, 0.05) is 15.1 Å². The highest BCUT2D eigenvalue weighted by Crippen LogP contribution is 2.30. The van der Waals surface area contributed by atoms with Crippen LogP contribution in [0.1, 0.15) is 42.6 Å². The molecule has 0 saturated carbocycles. The van der Waals surface area contributed by atoms with Crippen LogP contribution < -0.4 is 0 Å². The van der Waals surface area contributed by atoms with Crippen molar-refractivity contribution < 1.29 is 5.11 Å². The molecule has 0 aliphatic rings. The summed E-state index contributed by atoms with van der Waals surface area (Å²) in [6.07, 6.45) is 2.78. The lowest BCUT2D eigenvalue weighted by atomic mass is 9.99. The minimum absolute atomic E-state index is 0.579. The average Bonchev–Trinajstić information content (AvgIpc) is 2.47. The third-order valence-corrected chi connectivity index (χ3v) is 4.20. The Bertz CT molecular complexity index is 566. The molecule has 1 atom stereocenters. The third-order valence-electron chi connectivity index (χ3n) is 3.37. The fourth-order valence-electron chi connectivity index (χ4n) is 2.15. The molecule has 0 bridgehead atoms. The Morgan fingerprint density at radius 1 is 1.15 bits per heavy atom. The van der Waals surface area contributed by atoms with Crippen LogP contribution in [0.5, 0.6) is 0 Å². The van der Waals surface area contributed by atoms with E-state index in [4.69, 9.17) is 11.6 Å². The Morgan fingerprint density at radius 3 is 2.50 bits per heavy atom. The zero-order valence-electron chi connectivity index (χ0n) is 11.4. The van der Waals surface area contributed by atoms with Crippen LogP contribution in [-0.4, -0.2) is 5.11 Å². The molecule has 0 radical (unpaired) electrons. The number of aryl methyl sites for hydroxylation is 1. The van der Waals surface area contributed by atoms with Gasteiger partial charge in [-0.3, -0.25) is 0 Å². The summed E-state index contributed by atoms with van der Waals surface area (Å²) in [5.41, 5.74) is 2.90. The number of aliphatic hydroxyl groups excluding tert-OH is 1. The number of aliphatic hydroxyl groups is 1. The first-order valence-electron chi connectivity index (χ1n) is 6.83. The van der Waals surface area contributed by atoms with E-state index < -0.39 is 6.10 Å². The quantitative estimate of drug-likeness (QED) is 0.749. The third kappa shape index (κ3) is 3.85. The second-order valence-electron chi connectivity index (χ2n) is 4.91. The van der Waals surface area contributed by atoms with Crippen molar-refractivity contribution in [1.29, 1.82) is 0 Å². The minimum Gasteiger partial charge on any atom is -0.384 e. The molecule has 0 saturated heterocycles. The minimum atomic E-state index is -0.694. The van der Waals surface area contributed by atoms with Crippen LogP contribution >= 0.6 is 27.5 Å². The van der Waals surface area contributed by atoms with Gasteiger partial charge in [-0.05, 0) is 42.2 Å². The van der Waals surface area contributed by atoms with Crippen molar-refractivity contribution in [1.82, 2.24) is 0 Å². The summed E-state index contributed by atoms with van der Waals surface area (Å²) < 4.78 is 0.913. The van der Waals surface area contributed by atoms with E-state index >= 15 is 0 Å². The molecular formula is C17H18BrClO. The Morgan fingerprint density at radius 2 is 1.85 bits per heavy atom. The summed E-state index contributed by atoms with van der Waals surface area (Å²) in [4.78, 5) is 0. The van der Waals surface area contributed by atoms with Gasteiger partial charge in [0.2, 0.25) is 0 Å². The van der Waals surface area contributed by atoms with E-state index in [0.29, 0.717) is 5.02 Å². The van der Waals surface area contributed by atoms with Gasteiger partial charge in [-0.2, -0.15) is 0 Å². The lowest BCUT2D eigenvalue weighted by Crippen LogP contribution is -2.01. The predicted octanol–water partition coefficient (Wildman–Crippen LogP) is 5.53. The second kappa shape index (κ2) is 7.26. The van der Waals surface area contributed by atoms with Crippen molar-refractivity contribution in [3.8, 4) is 0 Å². The number of rotatable bonds is 5. The molecular weight excluding hydrogens is 336 g/mol. The van der Waals surface area contributed by atoms with Crippen LogP contribution in [0.3, 0.4) is 0 Å². The van der Waals surface area contributed by atoms with Crippen molar-refractivity contribution >= 4 is 27.5 Å². The van der Waals surface area contributed by atoms with E-state index in [0.717, 1.165) is 22.0 Å². The van der Waals surface area contributed by atoms with Gasteiger partial charge in [-0.25, -0.2) is 0 Å². The van der Waals surface area contributed by atoms with E-state index in [-0.39, 0.29) is 0 Å². The second-order valence-corrected chi connectivity index (χ2v) is 6.24. The molecule has 1 unspecified atom stereocenters. The highest BCUT2D eigenvalue weighted by atomic mass is 79.9. The van der Waals surface area contributed by atoms with Crippen LogP contribution in [0.15, 0.2) is 46.9 Å². The van der Waals surface area contributed by atoms with Crippen LogP contribution in [0.4, 0.5) is 0 Å². The molecule has 2 rings (SSSR count). The van der Waals surface area contributed by atoms with Crippen LogP contribution in [0.25, 0.3) is 0 Å². The van der Waals surface area contributed by atoms with Crippen molar-refractivity contribution in [2.24, 2.45) is 0 Å². The van der Waals surface area contributed by atoms with Crippen LogP contribution in [0.2, 0.25) is 5.02 Å². The normalized spacial score (nSPS) is 12.4. The standard InChI is InChI=1S/C17H18BrClO/c1-2-3-4-12-5-7-13(8-6-12)17(20)15-11-14(18)9-10-16(15)19/h5-11,17,20H,2-4H2,1H3. The topological polar surface area (TPSA) is 20.2 Å². The fourth-order valence-corrected chi connectivity index (χ4v) is 2.75. The van der Waals surface area contributed by atoms with E-state index in [1.54, 1.807) is 6.07 Å². The molecule has 0 aliphatic heterocycles. The van der Waals surface area contributed by atoms with Gasteiger partial charge < -0.3 is 5.11 Å². The van der Waals surface area contributed by atoms with Gasteiger partial charge in [0.15, 0.2) is 0 Å². The monoisotopic (exact) mass is 352 g/mol. The van der Waals surface area contributed by atoms with Crippen molar-refractivity contribution in [2.45, 2.75) is 32.3 Å². The number of unbranched alkanes of at least 4 members (excludes halogenated alkanes) is 1. The molecule has 2 aromatic rings. The van der Waals surface area contributed by atoms with Crippen LogP contribution in [0, 0.1) is 0 Å². The zero-order chi connectivity index (χ0) is 14.5. The maximum absolute atomic E-state index is 10.5. The molecule has 106 valence electrons. The van der Waals surface area contributed by atoms with Gasteiger partial charge in [-0.15, -0.1) is 0 Å². The maximum Gasteiger partial charge on any atom is 0.106 e. The predicted molar refractivity (Wildman–Crippen MR) is 88.3 cm³/mol. The molecule has 1 nitrogen and oxygen atoms in total. The SMILES string of the molecule is CCCCc1ccc(C(O)c2cc(Br)ccc2Cl)cc1. The van der Waals surface area contributed by atoms with Gasteiger partial charge in [-0.1, -0.05) is 65.1 Å².